The summed E-state index contributed by atoms with van der Waals surface area (Å²) in [5, 5.41) is 12.6. The van der Waals surface area contributed by atoms with E-state index in [1.165, 1.54) is 11.3 Å². The fourth-order valence-electron chi connectivity index (χ4n) is 1.65. The van der Waals surface area contributed by atoms with E-state index in [0.717, 1.165) is 34.5 Å². The number of thiazole rings is 1. The van der Waals surface area contributed by atoms with Gasteiger partial charge in [-0.25, -0.2) is 4.98 Å². The third-order valence-corrected chi connectivity index (χ3v) is 3.79. The maximum Gasteiger partial charge on any atom is 0.386 e. The van der Waals surface area contributed by atoms with Crippen molar-refractivity contribution >= 4 is 38.7 Å². The molecule has 0 unspecified atom stereocenters. The molecule has 1 aromatic heterocycles. The van der Waals surface area contributed by atoms with E-state index >= 15 is 0 Å². The summed E-state index contributed by atoms with van der Waals surface area (Å²) >= 11 is 1.46. The van der Waals surface area contributed by atoms with Gasteiger partial charge in [0.1, 0.15) is 6.29 Å². The van der Waals surface area contributed by atoms with Crippen LogP contribution in [-0.4, -0.2) is 16.8 Å². The number of anilines is 1. The van der Waals surface area contributed by atoms with Crippen molar-refractivity contribution in [2.24, 2.45) is 0 Å². The molecule has 84 valence electrons. The summed E-state index contributed by atoms with van der Waals surface area (Å²) in [6.45, 7) is 0. The molecule has 6 heteroatoms. The minimum absolute atomic E-state index is 0.391. The molecular formula is C11H9N4OS+. The first-order valence-electron chi connectivity index (χ1n) is 5.25. The molecule has 0 aliphatic heterocycles. The number of nitrogens with zero attached hydrogens (tertiary/aromatic N) is 3. The first-order valence-corrected chi connectivity index (χ1v) is 6.07. The second-order valence-electron chi connectivity index (χ2n) is 4.17. The van der Waals surface area contributed by atoms with E-state index < -0.39 is 5.54 Å². The van der Waals surface area contributed by atoms with Crippen molar-refractivity contribution in [3.8, 4) is 0 Å². The van der Waals surface area contributed by atoms with Crippen LogP contribution in [0.15, 0.2) is 18.2 Å². The number of hydrogen-bond donors (Lipinski definition) is 1. The van der Waals surface area contributed by atoms with Gasteiger partial charge in [0.2, 0.25) is 5.39 Å². The number of carbonyl (C=O) groups is 1. The summed E-state index contributed by atoms with van der Waals surface area (Å²) < 4.78 is 0.935. The Kier molecular flexibility index (Phi) is 2.09. The van der Waals surface area contributed by atoms with Crippen molar-refractivity contribution in [3.63, 3.8) is 0 Å². The van der Waals surface area contributed by atoms with Gasteiger partial charge in [-0.3, -0.25) is 0 Å². The SMILES string of the molecule is N#[N+]c1ccc2nc(NC3(C=O)CC3)sc2c1. The van der Waals surface area contributed by atoms with Crippen LogP contribution in [0.5, 0.6) is 0 Å². The van der Waals surface area contributed by atoms with Crippen LogP contribution in [-0.2, 0) is 4.79 Å². The lowest BCUT2D eigenvalue weighted by Crippen LogP contribution is -2.22. The summed E-state index contributed by atoms with van der Waals surface area (Å²) in [6, 6.07) is 5.25. The van der Waals surface area contributed by atoms with Crippen LogP contribution in [0.25, 0.3) is 15.2 Å². The van der Waals surface area contributed by atoms with Crippen LogP contribution in [0.1, 0.15) is 12.8 Å². The number of carbonyl (C=O) groups excluding carboxylic acids is 1. The van der Waals surface area contributed by atoms with Gasteiger partial charge in [-0.2, -0.15) is 0 Å². The first kappa shape index (κ1) is 10.2. The molecule has 1 saturated carbocycles. The molecule has 17 heavy (non-hydrogen) atoms. The summed E-state index contributed by atoms with van der Waals surface area (Å²) in [7, 11) is 0. The average Bonchev–Trinajstić information content (AvgIpc) is 3.01. The Morgan fingerprint density at radius 1 is 1.53 bits per heavy atom. The average molecular weight is 245 g/mol. The van der Waals surface area contributed by atoms with Gasteiger partial charge < -0.3 is 10.1 Å². The second kappa shape index (κ2) is 3.50. The lowest BCUT2D eigenvalue weighted by Gasteiger charge is -2.06. The fraction of sp³-hybridized carbons (Fsp3) is 0.273. The van der Waals surface area contributed by atoms with Gasteiger partial charge in [-0.05, 0) is 18.9 Å². The summed E-state index contributed by atoms with van der Waals surface area (Å²) in [5.74, 6) is 0. The second-order valence-corrected chi connectivity index (χ2v) is 5.20. The molecular weight excluding hydrogens is 236 g/mol. The highest BCUT2D eigenvalue weighted by atomic mass is 32.1. The molecule has 1 aromatic carbocycles. The lowest BCUT2D eigenvalue weighted by atomic mass is 10.3. The molecule has 0 spiro atoms. The number of fused-ring (bicyclic) bond motifs is 1. The largest absolute Gasteiger partial charge is 0.386 e. The molecule has 0 saturated heterocycles. The predicted molar refractivity (Wildman–Crippen MR) is 66.0 cm³/mol. The number of rotatable bonds is 3. The Morgan fingerprint density at radius 3 is 3.00 bits per heavy atom. The van der Waals surface area contributed by atoms with Gasteiger partial charge in [-0.15, -0.1) is 0 Å². The Bertz CT molecular complexity index is 638. The monoisotopic (exact) mass is 245 g/mol. The summed E-state index contributed by atoms with van der Waals surface area (Å²) in [6.07, 6.45) is 2.68. The van der Waals surface area contributed by atoms with Crippen molar-refractivity contribution in [2.45, 2.75) is 18.4 Å². The summed E-state index contributed by atoms with van der Waals surface area (Å²) in [5.41, 5.74) is 0.953. The van der Waals surface area contributed by atoms with E-state index in [1.54, 1.807) is 18.2 Å². The molecule has 0 atom stereocenters. The molecule has 2 aromatic rings. The molecule has 0 amide bonds. The number of aldehydes is 1. The zero-order chi connectivity index (χ0) is 11.9. The highest BCUT2D eigenvalue weighted by Gasteiger charge is 2.43. The summed E-state index contributed by atoms with van der Waals surface area (Å²) in [4.78, 5) is 18.4. The Hall–Kier alpha value is -2.00. The van der Waals surface area contributed by atoms with Gasteiger partial charge in [0, 0.05) is 6.07 Å². The van der Waals surface area contributed by atoms with E-state index in [9.17, 15) is 4.79 Å². The van der Waals surface area contributed by atoms with Gasteiger partial charge in [0.15, 0.2) is 10.1 Å². The van der Waals surface area contributed by atoms with Crippen LogP contribution in [0.3, 0.4) is 0 Å². The van der Waals surface area contributed by atoms with Crippen LogP contribution >= 0.6 is 11.3 Å². The minimum atomic E-state index is -0.391. The first-order chi connectivity index (χ1) is 8.24. The zero-order valence-corrected chi connectivity index (χ0v) is 9.70. The molecule has 0 radical (unpaired) electrons. The maximum absolute atomic E-state index is 10.9. The van der Waals surface area contributed by atoms with E-state index in [2.05, 4.69) is 15.3 Å². The van der Waals surface area contributed by atoms with Crippen molar-refractivity contribution in [3.05, 3.63) is 23.2 Å². The van der Waals surface area contributed by atoms with E-state index in [4.69, 9.17) is 5.39 Å². The maximum atomic E-state index is 10.9. The van der Waals surface area contributed by atoms with Crippen molar-refractivity contribution in [1.82, 2.24) is 4.98 Å². The standard InChI is InChI=1S/C11H9N4OS/c12-15-7-1-2-8-9(5-7)17-10(13-8)14-11(6-16)3-4-11/h1-2,5-6H,3-4H2,(H,13,14)/q+1. The highest BCUT2D eigenvalue weighted by molar-refractivity contribution is 7.22. The lowest BCUT2D eigenvalue weighted by molar-refractivity contribution is -0.109. The zero-order valence-electron chi connectivity index (χ0n) is 8.88. The van der Waals surface area contributed by atoms with Crippen LogP contribution in [0.2, 0.25) is 0 Å². The van der Waals surface area contributed by atoms with Crippen LogP contribution in [0.4, 0.5) is 10.8 Å². The predicted octanol–water partition coefficient (Wildman–Crippen LogP) is 2.92. The number of diazo groups is 1. The van der Waals surface area contributed by atoms with Gasteiger partial charge >= 0.3 is 5.69 Å². The topological polar surface area (TPSA) is 70.1 Å². The minimum Gasteiger partial charge on any atom is -0.349 e. The van der Waals surface area contributed by atoms with E-state index in [0.29, 0.717) is 5.69 Å². The molecule has 1 fully saturated rings. The van der Waals surface area contributed by atoms with E-state index in [-0.39, 0.29) is 0 Å². The Balaban J connectivity index is 1.97. The Morgan fingerprint density at radius 2 is 2.35 bits per heavy atom. The third-order valence-electron chi connectivity index (χ3n) is 2.86. The van der Waals surface area contributed by atoms with Crippen molar-refractivity contribution < 1.29 is 4.79 Å². The number of hydrogen-bond acceptors (Lipinski definition) is 5. The highest BCUT2D eigenvalue weighted by Crippen LogP contribution is 2.39. The number of nitrogens with one attached hydrogen (secondary N) is 1. The Labute approximate surface area is 101 Å². The fourth-order valence-corrected chi connectivity index (χ4v) is 2.65. The van der Waals surface area contributed by atoms with Crippen molar-refractivity contribution in [1.29, 1.82) is 5.39 Å². The van der Waals surface area contributed by atoms with Crippen molar-refractivity contribution in [2.75, 3.05) is 5.32 Å². The molecule has 3 rings (SSSR count). The van der Waals surface area contributed by atoms with Gasteiger partial charge in [0.25, 0.3) is 0 Å². The molecule has 1 aliphatic carbocycles. The molecule has 1 heterocycles. The molecule has 0 bridgehead atoms. The normalized spacial score (nSPS) is 16.4. The quantitative estimate of drug-likeness (QED) is 0.666. The number of benzene rings is 1. The molecule has 1 N–H and O–H groups in total. The van der Waals surface area contributed by atoms with E-state index in [1.807, 2.05) is 0 Å². The van der Waals surface area contributed by atoms with Crippen LogP contribution in [0, 0.1) is 5.39 Å². The third kappa shape index (κ3) is 1.74. The molecule has 1 aliphatic rings. The molecule has 5 nitrogen and oxygen atoms in total. The van der Waals surface area contributed by atoms with Gasteiger partial charge in [-0.1, -0.05) is 11.3 Å². The van der Waals surface area contributed by atoms with Crippen LogP contribution < -0.4 is 5.32 Å². The van der Waals surface area contributed by atoms with Gasteiger partial charge in [0.05, 0.1) is 21.8 Å². The number of aromatic nitrogens is 1. The smallest absolute Gasteiger partial charge is 0.349 e.